The van der Waals surface area contributed by atoms with E-state index in [1.165, 1.54) is 0 Å². The van der Waals surface area contributed by atoms with Crippen molar-refractivity contribution in [3.05, 3.63) is 11.3 Å². The van der Waals surface area contributed by atoms with Crippen molar-refractivity contribution in [2.75, 3.05) is 0 Å². The van der Waals surface area contributed by atoms with Gasteiger partial charge in [0.1, 0.15) is 0 Å². The van der Waals surface area contributed by atoms with E-state index in [-0.39, 0.29) is 0 Å². The van der Waals surface area contributed by atoms with E-state index < -0.39 is 8.07 Å². The molecule has 0 bridgehead atoms. The summed E-state index contributed by atoms with van der Waals surface area (Å²) in [6.45, 7) is 8.64. The van der Waals surface area contributed by atoms with Gasteiger partial charge >= 0.3 is 0 Å². The summed E-state index contributed by atoms with van der Waals surface area (Å²) in [6, 6.07) is 2.27. The first kappa shape index (κ1) is 9.45. The lowest BCUT2D eigenvalue weighted by Crippen LogP contribution is -2.22. The molecule has 0 saturated heterocycles. The SMILES string of the molecule is CCC=C(C#N)[Si](C)(C)C. The Morgan fingerprint density at radius 3 is 2.10 bits per heavy atom. The highest BCUT2D eigenvalue weighted by Gasteiger charge is 2.18. The Kier molecular flexibility index (Phi) is 3.38. The molecular weight excluding hydrogens is 138 g/mol. The van der Waals surface area contributed by atoms with E-state index in [0.29, 0.717) is 0 Å². The van der Waals surface area contributed by atoms with Gasteiger partial charge in [0.15, 0.2) is 0 Å². The summed E-state index contributed by atoms with van der Waals surface area (Å²) in [7, 11) is -1.31. The molecule has 10 heavy (non-hydrogen) atoms. The smallest absolute Gasteiger partial charge is 0.0907 e. The normalized spacial score (nSPS) is 12.9. The van der Waals surface area contributed by atoms with Crippen LogP contribution < -0.4 is 0 Å². The quantitative estimate of drug-likeness (QED) is 0.442. The monoisotopic (exact) mass is 153 g/mol. The van der Waals surface area contributed by atoms with Gasteiger partial charge in [-0.3, -0.25) is 0 Å². The minimum absolute atomic E-state index is 0.979. The fourth-order valence-electron chi connectivity index (χ4n) is 0.724. The lowest BCUT2D eigenvalue weighted by Gasteiger charge is -2.13. The van der Waals surface area contributed by atoms with Crippen LogP contribution in [0, 0.1) is 11.3 Å². The van der Waals surface area contributed by atoms with Gasteiger partial charge in [-0.2, -0.15) is 5.26 Å². The molecule has 0 fully saturated rings. The topological polar surface area (TPSA) is 23.8 Å². The van der Waals surface area contributed by atoms with Crippen molar-refractivity contribution in [2.45, 2.75) is 33.0 Å². The summed E-state index contributed by atoms with van der Waals surface area (Å²) in [6.07, 6.45) is 3.03. The predicted molar refractivity (Wildman–Crippen MR) is 47.3 cm³/mol. The molecular formula is C8H15NSi. The van der Waals surface area contributed by atoms with Crippen LogP contribution in [-0.4, -0.2) is 8.07 Å². The van der Waals surface area contributed by atoms with Gasteiger partial charge in [-0.05, 0) is 6.42 Å². The molecule has 0 aromatic carbocycles. The van der Waals surface area contributed by atoms with Crippen LogP contribution in [0.25, 0.3) is 0 Å². The lowest BCUT2D eigenvalue weighted by molar-refractivity contribution is 1.21. The van der Waals surface area contributed by atoms with Gasteiger partial charge in [0.2, 0.25) is 0 Å². The zero-order valence-electron chi connectivity index (χ0n) is 7.23. The molecule has 1 nitrogen and oxygen atoms in total. The van der Waals surface area contributed by atoms with Gasteiger partial charge in [-0.1, -0.05) is 32.6 Å². The Morgan fingerprint density at radius 1 is 1.50 bits per heavy atom. The zero-order chi connectivity index (χ0) is 8.20. The van der Waals surface area contributed by atoms with Crippen LogP contribution in [0.3, 0.4) is 0 Å². The standard InChI is InChI=1S/C8H15NSi/c1-5-6-8(7-9)10(2,3)4/h6H,5H2,1-4H3. The largest absolute Gasteiger partial charge is 0.193 e. The number of hydrogen-bond donors (Lipinski definition) is 0. The third kappa shape index (κ3) is 2.84. The lowest BCUT2D eigenvalue weighted by atomic mass is 10.4. The molecule has 0 spiro atoms. The Hall–Kier alpha value is -0.553. The summed E-state index contributed by atoms with van der Waals surface area (Å²) in [5.41, 5.74) is 0. The van der Waals surface area contributed by atoms with E-state index in [1.54, 1.807) is 0 Å². The fraction of sp³-hybridized carbons (Fsp3) is 0.625. The molecule has 0 radical (unpaired) electrons. The molecule has 0 heterocycles. The maximum atomic E-state index is 8.71. The fourth-order valence-corrected chi connectivity index (χ4v) is 1.88. The van der Waals surface area contributed by atoms with E-state index in [0.717, 1.165) is 11.6 Å². The molecule has 0 aliphatic heterocycles. The summed E-state index contributed by atoms with van der Waals surface area (Å²) >= 11 is 0. The van der Waals surface area contributed by atoms with Gasteiger partial charge in [0.25, 0.3) is 0 Å². The molecule has 0 aromatic rings. The maximum Gasteiger partial charge on any atom is 0.0907 e. The van der Waals surface area contributed by atoms with E-state index >= 15 is 0 Å². The molecule has 0 N–H and O–H groups in total. The van der Waals surface area contributed by atoms with Gasteiger partial charge in [-0.15, -0.1) is 0 Å². The van der Waals surface area contributed by atoms with Crippen molar-refractivity contribution in [1.29, 1.82) is 5.26 Å². The van der Waals surface area contributed by atoms with Crippen LogP contribution in [0.15, 0.2) is 11.3 Å². The van der Waals surface area contributed by atoms with E-state index in [9.17, 15) is 0 Å². The number of rotatable bonds is 2. The maximum absolute atomic E-state index is 8.71. The van der Waals surface area contributed by atoms with E-state index in [1.807, 2.05) is 6.08 Å². The van der Waals surface area contributed by atoms with Crippen LogP contribution in [0.2, 0.25) is 19.6 Å². The molecule has 0 rings (SSSR count). The molecule has 0 amide bonds. The molecule has 0 aromatic heterocycles. The van der Waals surface area contributed by atoms with Crippen LogP contribution in [0.5, 0.6) is 0 Å². The highest BCUT2D eigenvalue weighted by atomic mass is 28.3. The number of allylic oxidation sites excluding steroid dienone is 2. The third-order valence-electron chi connectivity index (χ3n) is 1.34. The molecule has 0 aliphatic rings. The summed E-state index contributed by atoms with van der Waals surface area (Å²) < 4.78 is 0. The van der Waals surface area contributed by atoms with Gasteiger partial charge in [0.05, 0.1) is 14.1 Å². The number of hydrogen-bond acceptors (Lipinski definition) is 1. The molecule has 0 atom stereocenters. The first-order valence-corrected chi connectivity index (χ1v) is 7.13. The molecule has 2 heteroatoms. The summed E-state index contributed by atoms with van der Waals surface area (Å²) in [5.74, 6) is 0. The second-order valence-corrected chi connectivity index (χ2v) is 8.43. The minimum atomic E-state index is -1.31. The molecule has 0 aliphatic carbocycles. The third-order valence-corrected chi connectivity index (χ3v) is 3.27. The van der Waals surface area contributed by atoms with Crippen LogP contribution >= 0.6 is 0 Å². The van der Waals surface area contributed by atoms with Gasteiger partial charge in [0, 0.05) is 5.20 Å². The Morgan fingerprint density at radius 2 is 2.00 bits per heavy atom. The van der Waals surface area contributed by atoms with Crippen LogP contribution in [0.4, 0.5) is 0 Å². The Labute approximate surface area is 64.4 Å². The number of nitrogens with zero attached hydrogens (tertiary/aromatic N) is 1. The highest BCUT2D eigenvalue weighted by Crippen LogP contribution is 2.13. The van der Waals surface area contributed by atoms with Crippen molar-refractivity contribution in [2.24, 2.45) is 0 Å². The first-order chi connectivity index (χ1) is 4.52. The highest BCUT2D eigenvalue weighted by molar-refractivity contribution is 6.84. The summed E-state index contributed by atoms with van der Waals surface area (Å²) in [5, 5.41) is 9.73. The van der Waals surface area contributed by atoms with Crippen LogP contribution in [-0.2, 0) is 0 Å². The van der Waals surface area contributed by atoms with Crippen molar-refractivity contribution in [3.63, 3.8) is 0 Å². The van der Waals surface area contributed by atoms with Gasteiger partial charge < -0.3 is 0 Å². The van der Waals surface area contributed by atoms with E-state index in [4.69, 9.17) is 5.26 Å². The summed E-state index contributed by atoms with van der Waals surface area (Å²) in [4.78, 5) is 0. The molecule has 0 unspecified atom stereocenters. The second kappa shape index (κ2) is 3.57. The Bertz CT molecular complexity index is 169. The average molecular weight is 153 g/mol. The molecule has 0 saturated carbocycles. The van der Waals surface area contributed by atoms with Crippen molar-refractivity contribution in [3.8, 4) is 6.07 Å². The minimum Gasteiger partial charge on any atom is -0.193 e. The van der Waals surface area contributed by atoms with Crippen molar-refractivity contribution >= 4 is 8.07 Å². The second-order valence-electron chi connectivity index (χ2n) is 3.39. The van der Waals surface area contributed by atoms with Crippen LogP contribution in [0.1, 0.15) is 13.3 Å². The molecule has 56 valence electrons. The number of nitriles is 1. The Balaban J connectivity index is 4.41. The zero-order valence-corrected chi connectivity index (χ0v) is 8.23. The van der Waals surface area contributed by atoms with Gasteiger partial charge in [-0.25, -0.2) is 0 Å². The van der Waals surface area contributed by atoms with E-state index in [2.05, 4.69) is 32.6 Å². The average Bonchev–Trinajstić information content (AvgIpc) is 1.80. The van der Waals surface area contributed by atoms with Crippen molar-refractivity contribution < 1.29 is 0 Å². The predicted octanol–water partition coefficient (Wildman–Crippen LogP) is 2.72. The first-order valence-electron chi connectivity index (χ1n) is 3.63. The van der Waals surface area contributed by atoms with Crippen molar-refractivity contribution in [1.82, 2.24) is 0 Å².